The van der Waals surface area contributed by atoms with Gasteiger partial charge in [0, 0.05) is 0 Å². The van der Waals surface area contributed by atoms with Gasteiger partial charge in [-0.05, 0) is 6.92 Å². The van der Waals surface area contributed by atoms with Gasteiger partial charge in [-0.3, -0.25) is 4.79 Å². The van der Waals surface area contributed by atoms with Crippen molar-refractivity contribution in [3.8, 4) is 0 Å². The highest BCUT2D eigenvalue weighted by atomic mass is 32.1. The number of rotatable bonds is 5. The van der Waals surface area contributed by atoms with Gasteiger partial charge in [0.25, 0.3) is 0 Å². The fraction of sp³-hybridized carbons (Fsp3) is 0.500. The van der Waals surface area contributed by atoms with E-state index in [0.29, 0.717) is 10.1 Å². The molecular formula is C8H13N5O3S. The third kappa shape index (κ3) is 5.11. The second-order valence-corrected chi connectivity index (χ2v) is 3.97. The number of nitrogens with two attached hydrogens (primary N) is 1. The number of aromatic nitrogens is 2. The highest BCUT2D eigenvalue weighted by Crippen LogP contribution is 2.09. The third-order valence-corrected chi connectivity index (χ3v) is 2.33. The largest absolute Gasteiger partial charge is 0.465 e. The van der Waals surface area contributed by atoms with Crippen molar-refractivity contribution in [2.24, 2.45) is 0 Å². The summed E-state index contributed by atoms with van der Waals surface area (Å²) in [5, 5.41) is 13.1. The Labute approximate surface area is 102 Å². The molecule has 1 heterocycles. The van der Waals surface area contributed by atoms with E-state index in [0.717, 1.165) is 0 Å². The van der Waals surface area contributed by atoms with Crippen LogP contribution in [0.25, 0.3) is 0 Å². The van der Waals surface area contributed by atoms with Gasteiger partial charge in [-0.25, -0.2) is 4.79 Å². The maximum absolute atomic E-state index is 11.2. The molecule has 8 nitrogen and oxygen atoms in total. The molecule has 1 aromatic heterocycles. The fourth-order valence-corrected chi connectivity index (χ4v) is 1.47. The van der Waals surface area contributed by atoms with E-state index in [9.17, 15) is 9.59 Å². The minimum absolute atomic E-state index is 0.169. The smallest absolute Gasteiger partial charge is 0.325 e. The van der Waals surface area contributed by atoms with Gasteiger partial charge in [0.2, 0.25) is 5.13 Å². The maximum Gasteiger partial charge on any atom is 0.325 e. The number of esters is 1. The van der Waals surface area contributed by atoms with E-state index >= 15 is 0 Å². The molecule has 2 amide bonds. The summed E-state index contributed by atoms with van der Waals surface area (Å²) in [6, 6.07) is -0.480. The van der Waals surface area contributed by atoms with E-state index in [1.165, 1.54) is 11.3 Å². The SMILES string of the molecule is CCOC(=O)CNC(=O)NCc1nnc(N)s1. The minimum Gasteiger partial charge on any atom is -0.465 e. The fourth-order valence-electron chi connectivity index (χ4n) is 0.921. The van der Waals surface area contributed by atoms with Crippen LogP contribution in [0.1, 0.15) is 11.9 Å². The molecule has 0 saturated carbocycles. The minimum atomic E-state index is -0.484. The Morgan fingerprint density at radius 3 is 2.76 bits per heavy atom. The normalized spacial score (nSPS) is 9.71. The van der Waals surface area contributed by atoms with Gasteiger partial charge in [0.05, 0.1) is 13.2 Å². The standard InChI is InChI=1S/C8H13N5O3S/c1-2-16-6(14)4-11-8(15)10-3-5-12-13-7(9)17-5/h2-4H2,1H3,(H2,9,13)(H2,10,11,15). The van der Waals surface area contributed by atoms with Crippen molar-refractivity contribution >= 4 is 28.5 Å². The van der Waals surface area contributed by atoms with Gasteiger partial charge in [-0.1, -0.05) is 11.3 Å². The van der Waals surface area contributed by atoms with E-state index < -0.39 is 12.0 Å². The van der Waals surface area contributed by atoms with E-state index in [1.54, 1.807) is 6.92 Å². The van der Waals surface area contributed by atoms with Crippen LogP contribution >= 0.6 is 11.3 Å². The summed E-state index contributed by atoms with van der Waals surface area (Å²) in [6.07, 6.45) is 0. The molecule has 0 aliphatic heterocycles. The Balaban J connectivity index is 2.19. The maximum atomic E-state index is 11.2. The molecule has 0 aliphatic carbocycles. The van der Waals surface area contributed by atoms with Crippen molar-refractivity contribution in [2.75, 3.05) is 18.9 Å². The van der Waals surface area contributed by atoms with Crippen LogP contribution in [-0.4, -0.2) is 35.3 Å². The number of nitrogens with zero attached hydrogens (tertiary/aromatic N) is 2. The van der Waals surface area contributed by atoms with Crippen LogP contribution in [0, 0.1) is 0 Å². The first-order valence-corrected chi connectivity index (χ1v) is 5.68. The second kappa shape index (κ2) is 6.63. The molecule has 0 radical (unpaired) electrons. The Morgan fingerprint density at radius 2 is 2.18 bits per heavy atom. The summed E-state index contributed by atoms with van der Waals surface area (Å²) in [6.45, 7) is 2.02. The molecule has 1 rings (SSSR count). The van der Waals surface area contributed by atoms with Crippen molar-refractivity contribution < 1.29 is 14.3 Å². The van der Waals surface area contributed by atoms with Crippen molar-refractivity contribution in [3.05, 3.63) is 5.01 Å². The molecule has 9 heteroatoms. The molecule has 0 aliphatic rings. The number of nitrogen functional groups attached to an aromatic ring is 1. The lowest BCUT2D eigenvalue weighted by atomic mass is 10.6. The molecule has 0 aromatic carbocycles. The second-order valence-electron chi connectivity index (χ2n) is 2.88. The average molecular weight is 259 g/mol. The number of hydrogen-bond donors (Lipinski definition) is 3. The zero-order valence-corrected chi connectivity index (χ0v) is 10.0. The van der Waals surface area contributed by atoms with Crippen LogP contribution < -0.4 is 16.4 Å². The predicted octanol–water partition coefficient (Wildman–Crippen LogP) is -0.517. The lowest BCUT2D eigenvalue weighted by Gasteiger charge is -2.05. The topological polar surface area (TPSA) is 119 Å². The van der Waals surface area contributed by atoms with Crippen LogP contribution in [0.4, 0.5) is 9.93 Å². The quantitative estimate of drug-likeness (QED) is 0.612. The van der Waals surface area contributed by atoms with Crippen LogP contribution in [0.15, 0.2) is 0 Å². The molecule has 0 atom stereocenters. The van der Waals surface area contributed by atoms with E-state index in [2.05, 4.69) is 25.6 Å². The molecule has 0 bridgehead atoms. The molecule has 4 N–H and O–H groups in total. The highest BCUT2D eigenvalue weighted by molar-refractivity contribution is 7.15. The van der Waals surface area contributed by atoms with Gasteiger partial charge in [0.15, 0.2) is 0 Å². The number of amides is 2. The molecule has 0 fully saturated rings. The summed E-state index contributed by atoms with van der Waals surface area (Å²) in [5.74, 6) is -0.484. The molecule has 0 unspecified atom stereocenters. The Bertz CT molecular complexity index is 394. The van der Waals surface area contributed by atoms with Crippen LogP contribution in [-0.2, 0) is 16.1 Å². The first kappa shape index (κ1) is 13.2. The molecule has 0 saturated heterocycles. The van der Waals surface area contributed by atoms with Crippen LogP contribution in [0.2, 0.25) is 0 Å². The third-order valence-electron chi connectivity index (χ3n) is 1.58. The number of nitrogens with one attached hydrogen (secondary N) is 2. The summed E-state index contributed by atoms with van der Waals surface area (Å²) in [5.41, 5.74) is 5.37. The molecule has 1 aromatic rings. The van der Waals surface area contributed by atoms with Gasteiger partial charge >= 0.3 is 12.0 Å². The van der Waals surface area contributed by atoms with E-state index in [1.807, 2.05) is 0 Å². The number of urea groups is 1. The van der Waals surface area contributed by atoms with E-state index in [4.69, 9.17) is 5.73 Å². The summed E-state index contributed by atoms with van der Waals surface area (Å²) < 4.78 is 4.64. The molecule has 0 spiro atoms. The Kier molecular flexibility index (Phi) is 5.14. The number of anilines is 1. The van der Waals surface area contributed by atoms with Crippen LogP contribution in [0.5, 0.6) is 0 Å². The Morgan fingerprint density at radius 1 is 1.41 bits per heavy atom. The summed E-state index contributed by atoms with van der Waals surface area (Å²) in [7, 11) is 0. The number of carbonyl (C=O) groups is 2. The van der Waals surface area contributed by atoms with Crippen molar-refractivity contribution in [3.63, 3.8) is 0 Å². The number of ether oxygens (including phenoxy) is 1. The summed E-state index contributed by atoms with van der Waals surface area (Å²) >= 11 is 1.18. The molecule has 94 valence electrons. The van der Waals surface area contributed by atoms with Crippen molar-refractivity contribution in [1.82, 2.24) is 20.8 Å². The zero-order valence-electron chi connectivity index (χ0n) is 9.23. The molecular weight excluding hydrogens is 246 g/mol. The van der Waals surface area contributed by atoms with Crippen molar-refractivity contribution in [1.29, 1.82) is 0 Å². The zero-order chi connectivity index (χ0) is 12.7. The van der Waals surface area contributed by atoms with Crippen LogP contribution in [0.3, 0.4) is 0 Å². The van der Waals surface area contributed by atoms with Gasteiger partial charge in [0.1, 0.15) is 11.6 Å². The lowest BCUT2D eigenvalue weighted by Crippen LogP contribution is -2.38. The van der Waals surface area contributed by atoms with Gasteiger partial charge in [-0.15, -0.1) is 10.2 Å². The first-order chi connectivity index (χ1) is 8.11. The first-order valence-electron chi connectivity index (χ1n) is 4.87. The Hall–Kier alpha value is -1.90. The van der Waals surface area contributed by atoms with Crippen molar-refractivity contribution in [2.45, 2.75) is 13.5 Å². The molecule has 17 heavy (non-hydrogen) atoms. The van der Waals surface area contributed by atoms with Gasteiger partial charge in [-0.2, -0.15) is 0 Å². The number of hydrogen-bond acceptors (Lipinski definition) is 7. The monoisotopic (exact) mass is 259 g/mol. The average Bonchev–Trinajstić information content (AvgIpc) is 2.70. The lowest BCUT2D eigenvalue weighted by molar-refractivity contribution is -0.141. The van der Waals surface area contributed by atoms with Gasteiger partial charge < -0.3 is 21.1 Å². The highest BCUT2D eigenvalue weighted by Gasteiger charge is 2.06. The predicted molar refractivity (Wildman–Crippen MR) is 61.2 cm³/mol. The van der Waals surface area contributed by atoms with E-state index in [-0.39, 0.29) is 19.7 Å². The summed E-state index contributed by atoms with van der Waals surface area (Å²) in [4.78, 5) is 22.2. The number of carbonyl (C=O) groups excluding carboxylic acids is 2.